The van der Waals surface area contributed by atoms with Crippen LogP contribution in [0.4, 0.5) is 10.1 Å². The van der Waals surface area contributed by atoms with Gasteiger partial charge in [-0.25, -0.2) is 4.39 Å². The van der Waals surface area contributed by atoms with E-state index in [4.69, 9.17) is 0 Å². The average Bonchev–Trinajstić information content (AvgIpc) is 2.40. The smallest absolute Gasteiger partial charge is 0.272 e. The predicted molar refractivity (Wildman–Crippen MR) is 75.9 cm³/mol. The normalized spacial score (nSPS) is 22.7. The topological polar surface area (TPSA) is 55.2 Å². The molecule has 110 valence electrons. The lowest BCUT2D eigenvalue weighted by atomic mass is 9.83. The summed E-state index contributed by atoms with van der Waals surface area (Å²) in [4.78, 5) is 10.1. The maximum absolute atomic E-state index is 13.3. The lowest BCUT2D eigenvalue weighted by molar-refractivity contribution is -0.385. The summed E-state index contributed by atoms with van der Waals surface area (Å²) in [5, 5.41) is 14.0. The lowest BCUT2D eigenvalue weighted by Gasteiger charge is -2.26. The van der Waals surface area contributed by atoms with E-state index in [9.17, 15) is 14.5 Å². The number of nitrogens with zero attached hydrogens (tertiary/aromatic N) is 1. The van der Waals surface area contributed by atoms with Crippen molar-refractivity contribution in [3.8, 4) is 0 Å². The summed E-state index contributed by atoms with van der Waals surface area (Å²) in [6, 6.07) is 3.73. The Labute approximate surface area is 118 Å². The fraction of sp³-hybridized carbons (Fsp3) is 0.600. The van der Waals surface area contributed by atoms with Gasteiger partial charge in [-0.15, -0.1) is 0 Å². The van der Waals surface area contributed by atoms with Gasteiger partial charge in [0.15, 0.2) is 0 Å². The molecule has 1 aromatic carbocycles. The summed E-state index contributed by atoms with van der Waals surface area (Å²) in [5.41, 5.74) is 0.439. The Hall–Kier alpha value is -1.49. The summed E-state index contributed by atoms with van der Waals surface area (Å²) in [5.74, 6) is 0.953. The quantitative estimate of drug-likeness (QED) is 0.661. The van der Waals surface area contributed by atoms with Crippen LogP contribution in [0.2, 0.25) is 0 Å². The van der Waals surface area contributed by atoms with E-state index < -0.39 is 10.7 Å². The van der Waals surface area contributed by atoms with Crippen LogP contribution in [0.3, 0.4) is 0 Å². The molecule has 0 unspecified atom stereocenters. The lowest BCUT2D eigenvalue weighted by Crippen LogP contribution is -2.25. The second-order valence-corrected chi connectivity index (χ2v) is 5.83. The molecule has 2 rings (SSSR count). The van der Waals surface area contributed by atoms with Crippen molar-refractivity contribution in [1.82, 2.24) is 5.32 Å². The highest BCUT2D eigenvalue weighted by molar-refractivity contribution is 5.35. The number of nitro groups is 1. The van der Waals surface area contributed by atoms with Crippen molar-refractivity contribution in [1.29, 1.82) is 0 Å². The van der Waals surface area contributed by atoms with Crippen molar-refractivity contribution in [3.63, 3.8) is 0 Å². The highest BCUT2D eigenvalue weighted by Crippen LogP contribution is 2.27. The Kier molecular flexibility index (Phi) is 5.06. The molecule has 0 aromatic heterocycles. The second kappa shape index (κ2) is 6.79. The van der Waals surface area contributed by atoms with E-state index in [1.807, 2.05) is 0 Å². The molecule has 0 radical (unpaired) electrons. The van der Waals surface area contributed by atoms with E-state index >= 15 is 0 Å². The van der Waals surface area contributed by atoms with Gasteiger partial charge in [-0.3, -0.25) is 10.1 Å². The van der Waals surface area contributed by atoms with Crippen LogP contribution in [0.15, 0.2) is 18.2 Å². The number of nitro benzene ring substituents is 1. The first kappa shape index (κ1) is 14.9. The molecule has 0 aliphatic heterocycles. The van der Waals surface area contributed by atoms with Gasteiger partial charge in [0.05, 0.1) is 11.0 Å². The molecule has 0 heterocycles. The Balaban J connectivity index is 1.83. The van der Waals surface area contributed by atoms with Crippen LogP contribution < -0.4 is 5.32 Å². The van der Waals surface area contributed by atoms with Gasteiger partial charge >= 0.3 is 0 Å². The van der Waals surface area contributed by atoms with Crippen molar-refractivity contribution in [2.24, 2.45) is 11.8 Å². The molecule has 1 fully saturated rings. The minimum atomic E-state index is -0.560. The number of hydrogen-bond donors (Lipinski definition) is 1. The first-order valence-corrected chi connectivity index (χ1v) is 7.19. The van der Waals surface area contributed by atoms with E-state index in [1.54, 1.807) is 0 Å². The average molecular weight is 280 g/mol. The summed E-state index contributed by atoms with van der Waals surface area (Å²) in [6.07, 6.45) is 5.02. The third-order valence-corrected chi connectivity index (χ3v) is 4.05. The third-order valence-electron chi connectivity index (χ3n) is 4.05. The maximum Gasteiger partial charge on any atom is 0.272 e. The molecule has 1 aliphatic carbocycles. The van der Waals surface area contributed by atoms with E-state index in [1.165, 1.54) is 37.8 Å². The van der Waals surface area contributed by atoms with Crippen molar-refractivity contribution in [2.45, 2.75) is 39.2 Å². The Morgan fingerprint density at radius 2 is 2.00 bits per heavy atom. The van der Waals surface area contributed by atoms with E-state index in [2.05, 4.69) is 12.2 Å². The summed E-state index contributed by atoms with van der Waals surface area (Å²) in [6.45, 7) is 3.66. The summed E-state index contributed by atoms with van der Waals surface area (Å²) >= 11 is 0. The van der Waals surface area contributed by atoms with Gasteiger partial charge in [0, 0.05) is 12.6 Å². The summed E-state index contributed by atoms with van der Waals surface area (Å²) < 4.78 is 13.3. The molecule has 1 saturated carbocycles. The van der Waals surface area contributed by atoms with Crippen molar-refractivity contribution < 1.29 is 9.31 Å². The molecular formula is C15H21FN2O2. The van der Waals surface area contributed by atoms with Crippen LogP contribution >= 0.6 is 0 Å². The molecule has 1 N–H and O–H groups in total. The van der Waals surface area contributed by atoms with Gasteiger partial charge in [-0.1, -0.05) is 19.8 Å². The zero-order valence-electron chi connectivity index (χ0n) is 11.8. The molecule has 0 saturated heterocycles. The van der Waals surface area contributed by atoms with Gasteiger partial charge in [0.25, 0.3) is 5.69 Å². The van der Waals surface area contributed by atoms with Crippen LogP contribution in [0.25, 0.3) is 0 Å². The van der Waals surface area contributed by atoms with Gasteiger partial charge < -0.3 is 5.32 Å². The van der Waals surface area contributed by atoms with Crippen LogP contribution in [0, 0.1) is 27.8 Å². The number of non-ortho nitro benzene ring substituents is 1. The highest BCUT2D eigenvalue weighted by Gasteiger charge is 2.17. The summed E-state index contributed by atoms with van der Waals surface area (Å²) in [7, 11) is 0. The largest absolute Gasteiger partial charge is 0.312 e. The van der Waals surface area contributed by atoms with Crippen molar-refractivity contribution in [2.75, 3.05) is 6.54 Å². The fourth-order valence-electron chi connectivity index (χ4n) is 2.79. The molecule has 4 nitrogen and oxygen atoms in total. The van der Waals surface area contributed by atoms with E-state index in [-0.39, 0.29) is 5.69 Å². The van der Waals surface area contributed by atoms with Gasteiger partial charge in [0.2, 0.25) is 0 Å². The molecule has 0 spiro atoms. The Morgan fingerprint density at radius 1 is 1.30 bits per heavy atom. The Bertz CT molecular complexity index is 471. The zero-order chi connectivity index (χ0) is 14.5. The van der Waals surface area contributed by atoms with Crippen molar-refractivity contribution in [3.05, 3.63) is 39.7 Å². The van der Waals surface area contributed by atoms with Crippen LogP contribution in [0.5, 0.6) is 0 Å². The molecule has 1 aromatic rings. The minimum absolute atomic E-state index is 0.187. The monoisotopic (exact) mass is 280 g/mol. The number of benzene rings is 1. The molecule has 0 bridgehead atoms. The van der Waals surface area contributed by atoms with Gasteiger partial charge in [-0.2, -0.15) is 0 Å². The highest BCUT2D eigenvalue weighted by atomic mass is 19.1. The second-order valence-electron chi connectivity index (χ2n) is 5.83. The molecular weight excluding hydrogens is 259 g/mol. The van der Waals surface area contributed by atoms with E-state index in [0.29, 0.717) is 18.0 Å². The third kappa shape index (κ3) is 4.27. The number of rotatable bonds is 5. The van der Waals surface area contributed by atoms with Gasteiger partial charge in [-0.05, 0) is 42.9 Å². The predicted octanol–water partition coefficient (Wildman–Crippen LogP) is 3.65. The molecule has 0 amide bonds. The number of nitrogens with one attached hydrogen (secondary N) is 1. The van der Waals surface area contributed by atoms with Gasteiger partial charge in [0.1, 0.15) is 5.82 Å². The van der Waals surface area contributed by atoms with Crippen LogP contribution in [-0.4, -0.2) is 11.5 Å². The Morgan fingerprint density at radius 3 is 2.65 bits per heavy atom. The number of hydrogen-bond acceptors (Lipinski definition) is 3. The van der Waals surface area contributed by atoms with Crippen LogP contribution in [0.1, 0.15) is 38.2 Å². The maximum atomic E-state index is 13.3. The standard InChI is InChI=1S/C15H21FN2O2/c1-11-2-4-12(5-3-11)9-17-10-13-6-14(16)8-15(7-13)18(19)20/h6-8,11-12,17H,2-5,9-10H2,1H3. The molecule has 0 atom stereocenters. The number of halogens is 1. The van der Waals surface area contributed by atoms with Crippen LogP contribution in [-0.2, 0) is 6.54 Å². The van der Waals surface area contributed by atoms with Crippen molar-refractivity contribution >= 4 is 5.69 Å². The SMILES string of the molecule is CC1CCC(CNCc2cc(F)cc([N+](=O)[O-])c2)CC1. The molecule has 1 aliphatic rings. The fourth-order valence-corrected chi connectivity index (χ4v) is 2.79. The first-order chi connectivity index (χ1) is 9.54. The zero-order valence-corrected chi connectivity index (χ0v) is 11.8. The molecule has 5 heteroatoms. The first-order valence-electron chi connectivity index (χ1n) is 7.19. The minimum Gasteiger partial charge on any atom is -0.312 e. The molecule has 20 heavy (non-hydrogen) atoms. The van der Waals surface area contributed by atoms with E-state index in [0.717, 1.165) is 18.5 Å².